The topological polar surface area (TPSA) is 108 Å². The first-order valence-corrected chi connectivity index (χ1v) is 7.42. The third kappa shape index (κ3) is 3.84. The third-order valence-corrected chi connectivity index (χ3v) is 4.02. The minimum Gasteiger partial charge on any atom is -0.495 e. The Labute approximate surface area is 118 Å². The summed E-state index contributed by atoms with van der Waals surface area (Å²) in [6.45, 7) is 3.23. The highest BCUT2D eigenvalue weighted by molar-refractivity contribution is 7.89. The Morgan fingerprint density at radius 3 is 2.60 bits per heavy atom. The van der Waals surface area contributed by atoms with Gasteiger partial charge in [0.2, 0.25) is 10.0 Å². The van der Waals surface area contributed by atoms with Crippen LogP contribution < -0.4 is 15.2 Å². The molecular formula is C12H18N2O5S. The lowest BCUT2D eigenvalue weighted by Crippen LogP contribution is -2.39. The Morgan fingerprint density at radius 2 is 2.10 bits per heavy atom. The predicted octanol–water partition coefficient (Wildman–Crippen LogP) is 0.507. The molecule has 0 aliphatic heterocycles. The third-order valence-electron chi connectivity index (χ3n) is 2.48. The lowest BCUT2D eigenvalue weighted by Gasteiger charge is -2.14. The molecule has 0 spiro atoms. The highest BCUT2D eigenvalue weighted by Gasteiger charge is 2.23. The second-order valence-corrected chi connectivity index (χ2v) is 5.71. The van der Waals surface area contributed by atoms with E-state index in [2.05, 4.69) is 4.72 Å². The van der Waals surface area contributed by atoms with E-state index in [0.717, 1.165) is 0 Å². The van der Waals surface area contributed by atoms with Crippen molar-refractivity contribution in [1.29, 1.82) is 0 Å². The van der Waals surface area contributed by atoms with Crippen molar-refractivity contribution >= 4 is 21.7 Å². The lowest BCUT2D eigenvalue weighted by atomic mass is 10.3. The van der Waals surface area contributed by atoms with Crippen molar-refractivity contribution < 1.29 is 22.7 Å². The monoisotopic (exact) mass is 302 g/mol. The smallest absolute Gasteiger partial charge is 0.323 e. The molecule has 0 bridgehead atoms. The van der Waals surface area contributed by atoms with Crippen LogP contribution in [0.15, 0.2) is 23.1 Å². The number of sulfonamides is 1. The van der Waals surface area contributed by atoms with Crippen LogP contribution in [0.25, 0.3) is 0 Å². The van der Waals surface area contributed by atoms with E-state index in [1.54, 1.807) is 6.92 Å². The second-order valence-electron chi connectivity index (χ2n) is 4.00. The molecule has 0 amide bonds. The molecule has 1 atom stereocenters. The van der Waals surface area contributed by atoms with Gasteiger partial charge in [-0.1, -0.05) is 0 Å². The van der Waals surface area contributed by atoms with E-state index in [0.29, 0.717) is 5.75 Å². The summed E-state index contributed by atoms with van der Waals surface area (Å²) in [6, 6.07) is 3.07. The van der Waals surface area contributed by atoms with Crippen molar-refractivity contribution in [3.05, 3.63) is 18.2 Å². The highest BCUT2D eigenvalue weighted by Crippen LogP contribution is 2.24. The van der Waals surface area contributed by atoms with Crippen LogP contribution in [0.1, 0.15) is 13.8 Å². The van der Waals surface area contributed by atoms with Gasteiger partial charge in [-0.25, -0.2) is 8.42 Å². The number of carbonyl (C=O) groups is 1. The van der Waals surface area contributed by atoms with Crippen LogP contribution in [0.4, 0.5) is 5.69 Å². The number of rotatable bonds is 6. The molecule has 0 fully saturated rings. The Bertz CT molecular complexity index is 586. The number of hydrogen-bond acceptors (Lipinski definition) is 6. The van der Waals surface area contributed by atoms with E-state index in [1.165, 1.54) is 32.2 Å². The van der Waals surface area contributed by atoms with Crippen molar-refractivity contribution in [1.82, 2.24) is 4.72 Å². The summed E-state index contributed by atoms with van der Waals surface area (Å²) in [5.41, 5.74) is 5.85. The van der Waals surface area contributed by atoms with Gasteiger partial charge in [0.05, 0.1) is 24.3 Å². The minimum atomic E-state index is -3.86. The van der Waals surface area contributed by atoms with Gasteiger partial charge in [-0.2, -0.15) is 4.72 Å². The van der Waals surface area contributed by atoms with Crippen molar-refractivity contribution in [3.8, 4) is 5.75 Å². The molecule has 0 aliphatic carbocycles. The number of nitrogen functional groups attached to an aromatic ring is 1. The van der Waals surface area contributed by atoms with Crippen molar-refractivity contribution in [2.45, 2.75) is 24.8 Å². The largest absolute Gasteiger partial charge is 0.495 e. The fourth-order valence-corrected chi connectivity index (χ4v) is 2.72. The summed E-state index contributed by atoms with van der Waals surface area (Å²) >= 11 is 0. The van der Waals surface area contributed by atoms with E-state index < -0.39 is 22.0 Å². The van der Waals surface area contributed by atoms with E-state index in [1.807, 2.05) is 0 Å². The Morgan fingerprint density at radius 1 is 1.45 bits per heavy atom. The molecule has 1 aromatic rings. The Kier molecular flexibility index (Phi) is 5.34. The van der Waals surface area contributed by atoms with Crippen LogP contribution in [0.5, 0.6) is 5.75 Å². The Hall–Kier alpha value is -1.80. The fourth-order valence-electron chi connectivity index (χ4n) is 1.50. The van der Waals surface area contributed by atoms with Crippen LogP contribution in [0.3, 0.4) is 0 Å². The van der Waals surface area contributed by atoms with Gasteiger partial charge >= 0.3 is 5.97 Å². The van der Waals surface area contributed by atoms with E-state index >= 15 is 0 Å². The van der Waals surface area contributed by atoms with Crippen LogP contribution in [-0.2, 0) is 19.6 Å². The van der Waals surface area contributed by atoms with Gasteiger partial charge in [0, 0.05) is 0 Å². The summed E-state index contributed by atoms with van der Waals surface area (Å²) in [5, 5.41) is 0. The quantitative estimate of drug-likeness (QED) is 0.585. The molecule has 1 unspecified atom stereocenters. The summed E-state index contributed by atoms with van der Waals surface area (Å²) in [7, 11) is -2.43. The summed E-state index contributed by atoms with van der Waals surface area (Å²) < 4.78 is 36.1. The van der Waals surface area contributed by atoms with Crippen LogP contribution in [0.2, 0.25) is 0 Å². The van der Waals surface area contributed by atoms with E-state index in [4.69, 9.17) is 15.2 Å². The molecule has 0 saturated carbocycles. The van der Waals surface area contributed by atoms with Crippen LogP contribution >= 0.6 is 0 Å². The van der Waals surface area contributed by atoms with Crippen LogP contribution in [0, 0.1) is 0 Å². The second kappa shape index (κ2) is 6.58. The van der Waals surface area contributed by atoms with Gasteiger partial charge in [-0.05, 0) is 32.0 Å². The number of benzene rings is 1. The first-order valence-electron chi connectivity index (χ1n) is 5.94. The fraction of sp³-hybridized carbons (Fsp3) is 0.417. The number of nitrogens with one attached hydrogen (secondary N) is 1. The predicted molar refractivity (Wildman–Crippen MR) is 73.8 cm³/mol. The molecule has 0 heterocycles. The molecule has 7 nitrogen and oxygen atoms in total. The molecule has 20 heavy (non-hydrogen) atoms. The molecule has 1 rings (SSSR count). The SMILES string of the molecule is CCOC(=O)C(C)NS(=O)(=O)c1ccc(OC)c(N)c1. The number of carbonyl (C=O) groups excluding carboxylic acids is 1. The molecular weight excluding hydrogens is 284 g/mol. The van der Waals surface area contributed by atoms with Crippen molar-refractivity contribution in [3.63, 3.8) is 0 Å². The van der Waals surface area contributed by atoms with Gasteiger partial charge in [-0.15, -0.1) is 0 Å². The van der Waals surface area contributed by atoms with Crippen molar-refractivity contribution in [2.24, 2.45) is 0 Å². The van der Waals surface area contributed by atoms with Crippen molar-refractivity contribution in [2.75, 3.05) is 19.5 Å². The zero-order valence-electron chi connectivity index (χ0n) is 11.5. The summed E-state index contributed by atoms with van der Waals surface area (Å²) in [4.78, 5) is 11.4. The number of hydrogen-bond donors (Lipinski definition) is 2. The number of ether oxygens (including phenoxy) is 2. The summed E-state index contributed by atoms with van der Waals surface area (Å²) in [6.07, 6.45) is 0. The number of anilines is 1. The van der Waals surface area contributed by atoms with E-state index in [-0.39, 0.29) is 17.2 Å². The minimum absolute atomic E-state index is 0.0491. The average Bonchev–Trinajstić information content (AvgIpc) is 2.38. The maximum Gasteiger partial charge on any atom is 0.323 e. The maximum atomic E-state index is 12.1. The summed E-state index contributed by atoms with van der Waals surface area (Å²) in [5.74, 6) is -0.264. The molecule has 0 radical (unpaired) electrons. The van der Waals surface area contributed by atoms with Gasteiger partial charge in [0.15, 0.2) is 0 Å². The molecule has 1 aromatic carbocycles. The molecule has 0 aliphatic rings. The normalized spacial score (nSPS) is 12.8. The number of methoxy groups -OCH3 is 1. The zero-order chi connectivity index (χ0) is 15.3. The first-order chi connectivity index (χ1) is 9.31. The standard InChI is InChI=1S/C12H18N2O5S/c1-4-19-12(15)8(2)14-20(16,17)9-5-6-11(18-3)10(13)7-9/h5-8,14H,4,13H2,1-3H3. The molecule has 8 heteroatoms. The molecule has 0 saturated heterocycles. The lowest BCUT2D eigenvalue weighted by molar-refractivity contribution is -0.144. The molecule has 0 aromatic heterocycles. The number of nitrogens with two attached hydrogens (primary N) is 1. The Balaban J connectivity index is 2.94. The first kappa shape index (κ1) is 16.3. The highest BCUT2D eigenvalue weighted by atomic mass is 32.2. The van der Waals surface area contributed by atoms with Crippen LogP contribution in [-0.4, -0.2) is 34.1 Å². The van der Waals surface area contributed by atoms with E-state index in [9.17, 15) is 13.2 Å². The van der Waals surface area contributed by atoms with Gasteiger partial charge < -0.3 is 15.2 Å². The van der Waals surface area contributed by atoms with Gasteiger partial charge in [0.25, 0.3) is 0 Å². The molecule has 112 valence electrons. The zero-order valence-corrected chi connectivity index (χ0v) is 12.4. The molecule has 3 N–H and O–H groups in total. The van der Waals surface area contributed by atoms with Gasteiger partial charge in [0.1, 0.15) is 11.8 Å². The average molecular weight is 302 g/mol. The number of esters is 1. The van der Waals surface area contributed by atoms with Gasteiger partial charge in [-0.3, -0.25) is 4.79 Å². The maximum absolute atomic E-state index is 12.1.